The third-order valence-corrected chi connectivity index (χ3v) is 4.91. The summed E-state index contributed by atoms with van der Waals surface area (Å²) in [5, 5.41) is 3.83. The van der Waals surface area contributed by atoms with Crippen LogP contribution in [-0.2, 0) is 4.79 Å². The molecule has 3 rings (SSSR count). The molecule has 0 bridgehead atoms. The number of carbonyl (C=O) groups excluding carboxylic acids is 1. The third-order valence-electron chi connectivity index (χ3n) is 3.34. The largest absolute Gasteiger partial charge is 0.280 e. The van der Waals surface area contributed by atoms with Crippen molar-refractivity contribution in [1.82, 2.24) is 0 Å². The van der Waals surface area contributed by atoms with E-state index in [1.54, 1.807) is 12.1 Å². The molecule has 0 spiro atoms. The molecule has 2 heterocycles. The number of halogens is 6. The number of hydrazone groups is 1. The Morgan fingerprint density at radius 2 is 1.60 bits per heavy atom. The number of thiophene rings is 1. The summed E-state index contributed by atoms with van der Waals surface area (Å²) in [5.41, 5.74) is -1.34. The Bertz CT molecular complexity index is 940. The van der Waals surface area contributed by atoms with E-state index in [-0.39, 0.29) is 16.3 Å². The molecule has 1 aliphatic heterocycles. The molecule has 10 heteroatoms. The quantitative estimate of drug-likeness (QED) is 0.281. The van der Waals surface area contributed by atoms with E-state index in [4.69, 9.17) is 0 Å². The average Bonchev–Trinajstić information content (AvgIpc) is 3.10. The maximum atomic E-state index is 13.9. The number of amides is 1. The summed E-state index contributed by atoms with van der Waals surface area (Å²) >= 11 is 4.53. The van der Waals surface area contributed by atoms with E-state index in [1.807, 2.05) is 0 Å². The van der Waals surface area contributed by atoms with Crippen LogP contribution in [0.4, 0.5) is 27.6 Å². The first kappa shape index (κ1) is 17.7. The van der Waals surface area contributed by atoms with Crippen molar-refractivity contribution in [3.8, 4) is 0 Å². The van der Waals surface area contributed by atoms with Gasteiger partial charge in [0.1, 0.15) is 5.69 Å². The average molecular weight is 437 g/mol. The molecule has 1 amide bonds. The van der Waals surface area contributed by atoms with Crippen molar-refractivity contribution in [1.29, 1.82) is 0 Å². The minimum absolute atomic E-state index is 0.0155. The molecule has 1 aromatic carbocycles. The van der Waals surface area contributed by atoms with E-state index in [9.17, 15) is 26.7 Å². The molecule has 3 nitrogen and oxygen atoms in total. The third kappa shape index (κ3) is 2.89. The second-order valence-corrected chi connectivity index (χ2v) is 7.42. The van der Waals surface area contributed by atoms with Crippen LogP contribution in [0.3, 0.4) is 0 Å². The highest BCUT2D eigenvalue weighted by Crippen LogP contribution is 2.34. The highest BCUT2D eigenvalue weighted by Gasteiger charge is 2.37. The van der Waals surface area contributed by atoms with Crippen LogP contribution in [0.5, 0.6) is 0 Å². The molecule has 130 valence electrons. The number of hydrogen-bond acceptors (Lipinski definition) is 3. The molecule has 0 fully saturated rings. The first-order chi connectivity index (χ1) is 11.7. The maximum Gasteiger partial charge on any atom is 0.280 e. The summed E-state index contributed by atoms with van der Waals surface area (Å²) in [5.74, 6) is -11.8. The van der Waals surface area contributed by atoms with Gasteiger partial charge in [0.15, 0.2) is 23.3 Å². The molecule has 0 radical (unpaired) electrons. The lowest BCUT2D eigenvalue weighted by Gasteiger charge is -2.15. The van der Waals surface area contributed by atoms with Crippen LogP contribution >= 0.6 is 27.3 Å². The Labute approximate surface area is 150 Å². The molecule has 25 heavy (non-hydrogen) atoms. The fourth-order valence-corrected chi connectivity index (χ4v) is 3.53. The Morgan fingerprint density at radius 3 is 2.12 bits per heavy atom. The Balaban J connectivity index is 2.10. The van der Waals surface area contributed by atoms with E-state index in [0.29, 0.717) is 4.88 Å². The molecular formula is C15H6BrF5N2OS. The number of nitrogens with zero attached hydrogens (tertiary/aromatic N) is 2. The fourth-order valence-electron chi connectivity index (χ4n) is 2.16. The van der Waals surface area contributed by atoms with Crippen molar-refractivity contribution in [3.63, 3.8) is 0 Å². The van der Waals surface area contributed by atoms with Gasteiger partial charge in [-0.05, 0) is 41.1 Å². The standard InChI is InChI=1S/C15H6BrF5N2OS/c1-5-7(4-6-2-3-8(16)25-6)15(24)23(22-5)14-12(20)10(18)9(17)11(19)13(14)21/h2-4H,1H3/b7-4+. The zero-order valence-electron chi connectivity index (χ0n) is 12.2. The van der Waals surface area contributed by atoms with Crippen molar-refractivity contribution >= 4 is 50.6 Å². The summed E-state index contributed by atoms with van der Waals surface area (Å²) in [6.45, 7) is 1.39. The monoisotopic (exact) mass is 436 g/mol. The molecule has 0 N–H and O–H groups in total. The van der Waals surface area contributed by atoms with Crippen LogP contribution < -0.4 is 5.01 Å². The van der Waals surface area contributed by atoms with Gasteiger partial charge in [0.2, 0.25) is 5.82 Å². The second kappa shape index (κ2) is 6.34. The zero-order valence-corrected chi connectivity index (χ0v) is 14.6. The lowest BCUT2D eigenvalue weighted by Crippen LogP contribution is -2.25. The first-order valence-corrected chi connectivity index (χ1v) is 8.21. The molecular weight excluding hydrogens is 431 g/mol. The van der Waals surface area contributed by atoms with Crippen LogP contribution in [-0.4, -0.2) is 11.6 Å². The van der Waals surface area contributed by atoms with Gasteiger partial charge in [-0.1, -0.05) is 0 Å². The predicted octanol–water partition coefficient (Wildman–Crippen LogP) is 5.01. The first-order valence-electron chi connectivity index (χ1n) is 6.61. The van der Waals surface area contributed by atoms with Gasteiger partial charge in [-0.15, -0.1) is 11.3 Å². The molecule has 0 saturated heterocycles. The molecule has 1 aromatic heterocycles. The Hall–Kier alpha value is -2.07. The summed E-state index contributed by atoms with van der Waals surface area (Å²) in [7, 11) is 0. The van der Waals surface area contributed by atoms with Crippen molar-refractivity contribution in [2.24, 2.45) is 5.10 Å². The smallest absolute Gasteiger partial charge is 0.267 e. The van der Waals surface area contributed by atoms with Crippen LogP contribution in [0.1, 0.15) is 11.8 Å². The predicted molar refractivity (Wildman–Crippen MR) is 86.8 cm³/mol. The van der Waals surface area contributed by atoms with Crippen molar-refractivity contribution in [2.75, 3.05) is 5.01 Å². The van der Waals surface area contributed by atoms with Gasteiger partial charge in [-0.3, -0.25) is 4.79 Å². The number of anilines is 1. The molecule has 0 saturated carbocycles. The Kier molecular flexibility index (Phi) is 4.50. The second-order valence-electron chi connectivity index (χ2n) is 4.92. The molecule has 0 unspecified atom stereocenters. The highest BCUT2D eigenvalue weighted by molar-refractivity contribution is 9.11. The summed E-state index contributed by atoms with van der Waals surface area (Å²) in [6, 6.07) is 3.41. The Morgan fingerprint density at radius 1 is 1.04 bits per heavy atom. The topological polar surface area (TPSA) is 32.7 Å². The van der Waals surface area contributed by atoms with Gasteiger partial charge in [0.05, 0.1) is 15.1 Å². The number of carbonyl (C=O) groups is 1. The summed E-state index contributed by atoms with van der Waals surface area (Å²) < 4.78 is 68.5. The number of rotatable bonds is 2. The lowest BCUT2D eigenvalue weighted by molar-refractivity contribution is -0.114. The van der Waals surface area contributed by atoms with Crippen LogP contribution in [0.2, 0.25) is 0 Å². The molecule has 0 aliphatic carbocycles. The van der Waals surface area contributed by atoms with Crippen LogP contribution in [0.15, 0.2) is 26.6 Å². The van der Waals surface area contributed by atoms with Crippen molar-refractivity contribution in [3.05, 3.63) is 55.5 Å². The maximum absolute atomic E-state index is 13.9. The van der Waals surface area contributed by atoms with E-state index >= 15 is 0 Å². The van der Waals surface area contributed by atoms with E-state index < -0.39 is 40.7 Å². The molecule has 2 aromatic rings. The van der Waals surface area contributed by atoms with Gasteiger partial charge in [0, 0.05) is 4.88 Å². The number of hydrogen-bond donors (Lipinski definition) is 0. The highest BCUT2D eigenvalue weighted by atomic mass is 79.9. The van der Waals surface area contributed by atoms with Crippen LogP contribution in [0, 0.1) is 29.1 Å². The van der Waals surface area contributed by atoms with Gasteiger partial charge >= 0.3 is 0 Å². The van der Waals surface area contributed by atoms with Crippen molar-refractivity contribution < 1.29 is 26.7 Å². The van der Waals surface area contributed by atoms with Crippen LogP contribution in [0.25, 0.3) is 6.08 Å². The van der Waals surface area contributed by atoms with Gasteiger partial charge < -0.3 is 0 Å². The van der Waals surface area contributed by atoms with Gasteiger partial charge in [0.25, 0.3) is 5.91 Å². The van der Waals surface area contributed by atoms with E-state index in [2.05, 4.69) is 21.0 Å². The van der Waals surface area contributed by atoms with E-state index in [1.165, 1.54) is 24.3 Å². The normalized spacial score (nSPS) is 16.1. The van der Waals surface area contributed by atoms with Gasteiger partial charge in [-0.25, -0.2) is 22.0 Å². The fraction of sp³-hybridized carbons (Fsp3) is 0.0667. The molecule has 0 atom stereocenters. The zero-order chi connectivity index (χ0) is 18.5. The SMILES string of the molecule is CC1=NN(c2c(F)c(F)c(F)c(F)c2F)C(=O)/C1=C/c1ccc(Br)s1. The number of benzene rings is 1. The minimum Gasteiger partial charge on any atom is -0.267 e. The molecule has 1 aliphatic rings. The van der Waals surface area contributed by atoms with Gasteiger partial charge in [-0.2, -0.15) is 10.1 Å². The summed E-state index contributed by atoms with van der Waals surface area (Å²) in [6.07, 6.45) is 1.42. The van der Waals surface area contributed by atoms with E-state index in [0.717, 1.165) is 3.79 Å². The van der Waals surface area contributed by atoms with Crippen molar-refractivity contribution in [2.45, 2.75) is 6.92 Å². The summed E-state index contributed by atoms with van der Waals surface area (Å²) in [4.78, 5) is 13.0. The minimum atomic E-state index is -2.30. The lowest BCUT2D eigenvalue weighted by atomic mass is 10.1.